The molecule has 11 heavy (non-hydrogen) atoms. The van der Waals surface area contributed by atoms with Crippen molar-refractivity contribution < 1.29 is 0 Å². The Morgan fingerprint density at radius 2 is 2.27 bits per heavy atom. The lowest BCUT2D eigenvalue weighted by atomic mass is 10.1. The van der Waals surface area contributed by atoms with Gasteiger partial charge in [0.2, 0.25) is 0 Å². The van der Waals surface area contributed by atoms with Crippen LogP contribution >= 0.6 is 0 Å². The van der Waals surface area contributed by atoms with Crippen molar-refractivity contribution in [2.75, 3.05) is 5.73 Å². The van der Waals surface area contributed by atoms with E-state index in [1.54, 1.807) is 6.20 Å². The number of hydrogen-bond donors (Lipinski definition) is 2. The summed E-state index contributed by atoms with van der Waals surface area (Å²) >= 11 is 0. The van der Waals surface area contributed by atoms with Gasteiger partial charge >= 0.3 is 0 Å². The van der Waals surface area contributed by atoms with E-state index in [1.807, 2.05) is 12.1 Å². The number of nitrogens with two attached hydrogens (primary N) is 1. The highest BCUT2D eigenvalue weighted by Gasteiger charge is 1.98. The number of rotatable bonds is 0. The number of nitrogens with zero attached hydrogens (tertiary/aromatic N) is 1. The number of hydrogen-bond acceptors (Lipinski definition) is 2. The van der Waals surface area contributed by atoms with Crippen LogP contribution in [0.2, 0.25) is 0 Å². The molecular weight excluding hydrogens is 138 g/mol. The Morgan fingerprint density at radius 3 is 3.09 bits per heavy atom. The van der Waals surface area contributed by atoms with Crippen LogP contribution in [0.5, 0.6) is 0 Å². The van der Waals surface area contributed by atoms with E-state index < -0.39 is 0 Å². The van der Waals surface area contributed by atoms with Crippen LogP contribution < -0.4 is 5.73 Å². The Kier molecular flexibility index (Phi) is 1.12. The third-order valence-electron chi connectivity index (χ3n) is 1.70. The number of nitrogen functional groups attached to an aromatic ring is 1. The molecule has 55 valence electrons. The Balaban J connectivity index is 2.86. The first kappa shape index (κ1) is 6.22. The lowest BCUT2D eigenvalue weighted by Crippen LogP contribution is -1.87. The van der Waals surface area contributed by atoms with Crippen LogP contribution in [-0.4, -0.2) is 10.2 Å². The van der Waals surface area contributed by atoms with Gasteiger partial charge in [-0.25, -0.2) is 0 Å². The fourth-order valence-electron chi connectivity index (χ4n) is 1.05. The first-order valence-electron chi connectivity index (χ1n) is 3.32. The summed E-state index contributed by atoms with van der Waals surface area (Å²) < 4.78 is 0. The van der Waals surface area contributed by atoms with E-state index in [-0.39, 0.29) is 0 Å². The predicted molar refractivity (Wildman–Crippen MR) is 45.0 cm³/mol. The molecular formula is C8H8N3. The van der Waals surface area contributed by atoms with Crippen LogP contribution in [0.15, 0.2) is 18.3 Å². The van der Waals surface area contributed by atoms with Crippen molar-refractivity contribution >= 4 is 16.6 Å². The summed E-state index contributed by atoms with van der Waals surface area (Å²) in [5.41, 5.74) is 8.16. The Hall–Kier alpha value is -1.51. The number of aromatic nitrogens is 2. The minimum atomic E-state index is 0.707. The third kappa shape index (κ3) is 0.852. The monoisotopic (exact) mass is 146 g/mol. The number of nitrogens with one attached hydrogen (secondary N) is 1. The van der Waals surface area contributed by atoms with Crippen LogP contribution in [0.25, 0.3) is 10.9 Å². The summed E-state index contributed by atoms with van der Waals surface area (Å²) in [6.07, 6.45) is 1.74. The lowest BCUT2D eigenvalue weighted by molar-refractivity contribution is 1.12. The topological polar surface area (TPSA) is 54.7 Å². The lowest BCUT2D eigenvalue weighted by Gasteiger charge is -1.97. The van der Waals surface area contributed by atoms with Gasteiger partial charge < -0.3 is 5.73 Å². The first-order chi connectivity index (χ1) is 5.27. The van der Waals surface area contributed by atoms with E-state index in [2.05, 4.69) is 17.1 Å². The van der Waals surface area contributed by atoms with E-state index in [0.717, 1.165) is 16.5 Å². The highest BCUT2D eigenvalue weighted by molar-refractivity contribution is 5.83. The van der Waals surface area contributed by atoms with Gasteiger partial charge in [-0.3, -0.25) is 5.10 Å². The van der Waals surface area contributed by atoms with Crippen LogP contribution in [0.1, 0.15) is 5.56 Å². The molecule has 3 N–H and O–H groups in total. The van der Waals surface area contributed by atoms with E-state index in [4.69, 9.17) is 5.73 Å². The molecule has 3 nitrogen and oxygen atoms in total. The van der Waals surface area contributed by atoms with Crippen molar-refractivity contribution in [1.29, 1.82) is 0 Å². The quantitative estimate of drug-likeness (QED) is 0.551. The largest absolute Gasteiger partial charge is 0.398 e. The van der Waals surface area contributed by atoms with Gasteiger partial charge in [0, 0.05) is 11.1 Å². The summed E-state index contributed by atoms with van der Waals surface area (Å²) in [4.78, 5) is 0. The molecule has 2 rings (SSSR count). The molecule has 0 aliphatic rings. The number of anilines is 1. The zero-order chi connectivity index (χ0) is 7.84. The molecule has 0 amide bonds. The molecule has 3 heteroatoms. The molecule has 1 heterocycles. The summed E-state index contributed by atoms with van der Waals surface area (Å²) in [5, 5.41) is 7.74. The smallest absolute Gasteiger partial charge is 0.0654 e. The van der Waals surface area contributed by atoms with Gasteiger partial charge in [-0.2, -0.15) is 5.10 Å². The highest BCUT2D eigenvalue weighted by atomic mass is 15.1. The van der Waals surface area contributed by atoms with Crippen LogP contribution in [0.3, 0.4) is 0 Å². The molecule has 0 atom stereocenters. The number of H-pyrrole nitrogens is 1. The number of benzene rings is 1. The van der Waals surface area contributed by atoms with Crippen molar-refractivity contribution in [1.82, 2.24) is 10.2 Å². The van der Waals surface area contributed by atoms with Crippen molar-refractivity contribution in [2.24, 2.45) is 0 Å². The fourth-order valence-corrected chi connectivity index (χ4v) is 1.05. The van der Waals surface area contributed by atoms with Crippen molar-refractivity contribution in [2.45, 2.75) is 0 Å². The predicted octanol–water partition coefficient (Wildman–Crippen LogP) is 1.33. The molecule has 0 saturated carbocycles. The molecule has 0 saturated heterocycles. The van der Waals surface area contributed by atoms with Crippen molar-refractivity contribution in [3.8, 4) is 0 Å². The molecule has 0 fully saturated rings. The average Bonchev–Trinajstić information content (AvgIpc) is 2.36. The second kappa shape index (κ2) is 1.99. The second-order valence-corrected chi connectivity index (χ2v) is 2.51. The Morgan fingerprint density at radius 1 is 1.45 bits per heavy atom. The Bertz CT molecular complexity index is 353. The molecule has 1 aromatic heterocycles. The molecule has 0 aliphatic carbocycles. The highest BCUT2D eigenvalue weighted by Crippen LogP contribution is 2.18. The summed E-state index contributed by atoms with van der Waals surface area (Å²) in [5.74, 6) is 0. The average molecular weight is 146 g/mol. The van der Waals surface area contributed by atoms with E-state index in [0.29, 0.717) is 5.69 Å². The summed E-state index contributed by atoms with van der Waals surface area (Å²) in [7, 11) is 0. The molecule has 0 bridgehead atoms. The van der Waals surface area contributed by atoms with Crippen LogP contribution in [0.4, 0.5) is 5.69 Å². The SMILES string of the molecule is [CH2]c1cc2[nH]ncc2cc1N. The van der Waals surface area contributed by atoms with Crippen LogP contribution in [-0.2, 0) is 0 Å². The van der Waals surface area contributed by atoms with E-state index in [1.165, 1.54) is 0 Å². The normalized spacial score (nSPS) is 10.6. The minimum absolute atomic E-state index is 0.707. The molecule has 1 aromatic carbocycles. The van der Waals surface area contributed by atoms with Gasteiger partial charge in [-0.15, -0.1) is 0 Å². The number of aromatic amines is 1. The first-order valence-corrected chi connectivity index (χ1v) is 3.32. The Labute approximate surface area is 64.2 Å². The van der Waals surface area contributed by atoms with Crippen LogP contribution in [0, 0.1) is 6.92 Å². The molecule has 0 aliphatic heterocycles. The van der Waals surface area contributed by atoms with Gasteiger partial charge in [0.05, 0.1) is 11.7 Å². The molecule has 1 radical (unpaired) electrons. The maximum Gasteiger partial charge on any atom is 0.0654 e. The molecule has 0 spiro atoms. The van der Waals surface area contributed by atoms with Gasteiger partial charge in [0.25, 0.3) is 0 Å². The minimum Gasteiger partial charge on any atom is -0.398 e. The number of fused-ring (bicyclic) bond motifs is 1. The van der Waals surface area contributed by atoms with Gasteiger partial charge in [0.15, 0.2) is 0 Å². The maximum absolute atomic E-state index is 5.64. The fraction of sp³-hybridized carbons (Fsp3) is 0. The standard InChI is InChI=1S/C8H8N3/c1-5-2-8-6(3-7(5)9)4-10-11-8/h2-4H,1,9H2,(H,10,11). The van der Waals surface area contributed by atoms with Gasteiger partial charge in [0.1, 0.15) is 0 Å². The zero-order valence-corrected chi connectivity index (χ0v) is 5.96. The second-order valence-electron chi connectivity index (χ2n) is 2.51. The van der Waals surface area contributed by atoms with E-state index in [9.17, 15) is 0 Å². The van der Waals surface area contributed by atoms with Gasteiger partial charge in [-0.05, 0) is 24.6 Å². The molecule has 2 aromatic rings. The summed E-state index contributed by atoms with van der Waals surface area (Å²) in [6.45, 7) is 3.78. The summed E-state index contributed by atoms with van der Waals surface area (Å²) in [6, 6.07) is 3.75. The van der Waals surface area contributed by atoms with Crippen molar-refractivity contribution in [3.63, 3.8) is 0 Å². The van der Waals surface area contributed by atoms with Crippen molar-refractivity contribution in [3.05, 3.63) is 30.8 Å². The van der Waals surface area contributed by atoms with Gasteiger partial charge in [-0.1, -0.05) is 0 Å². The van der Waals surface area contributed by atoms with E-state index >= 15 is 0 Å². The zero-order valence-electron chi connectivity index (χ0n) is 5.96. The molecule has 0 unspecified atom stereocenters. The maximum atomic E-state index is 5.64. The third-order valence-corrected chi connectivity index (χ3v) is 1.70.